The van der Waals surface area contributed by atoms with Gasteiger partial charge in [-0.05, 0) is 44.4 Å². The zero-order valence-corrected chi connectivity index (χ0v) is 15.7. The number of hydrogen-bond acceptors (Lipinski definition) is 4. The Morgan fingerprint density at radius 3 is 2.56 bits per heavy atom. The lowest BCUT2D eigenvalue weighted by molar-refractivity contribution is -0.136. The SMILES string of the molecule is COC[C@@H]1CN(C)CC12CCN(C(=O)COc1ccc(C)cc1)CC2. The molecule has 2 heterocycles. The number of benzene rings is 1. The Bertz CT molecular complexity index is 579. The van der Waals surface area contributed by atoms with Crippen LogP contribution in [0.2, 0.25) is 0 Å². The first-order chi connectivity index (χ1) is 12.0. The number of nitrogens with zero attached hydrogens (tertiary/aromatic N) is 2. The van der Waals surface area contributed by atoms with Crippen molar-refractivity contribution >= 4 is 5.91 Å². The molecule has 1 amide bonds. The van der Waals surface area contributed by atoms with Gasteiger partial charge in [0.1, 0.15) is 5.75 Å². The fourth-order valence-electron chi connectivity index (χ4n) is 4.37. The summed E-state index contributed by atoms with van der Waals surface area (Å²) in [5.74, 6) is 1.42. The van der Waals surface area contributed by atoms with Crippen LogP contribution in [0.1, 0.15) is 18.4 Å². The zero-order chi connectivity index (χ0) is 17.9. The topological polar surface area (TPSA) is 42.0 Å². The van der Waals surface area contributed by atoms with Gasteiger partial charge in [-0.2, -0.15) is 0 Å². The first kappa shape index (κ1) is 18.2. The van der Waals surface area contributed by atoms with E-state index in [0.717, 1.165) is 51.4 Å². The van der Waals surface area contributed by atoms with Crippen molar-refractivity contribution in [2.45, 2.75) is 19.8 Å². The van der Waals surface area contributed by atoms with E-state index in [1.807, 2.05) is 36.1 Å². The second kappa shape index (κ2) is 7.75. The third-order valence-electron chi connectivity index (χ3n) is 5.85. The van der Waals surface area contributed by atoms with E-state index in [1.54, 1.807) is 7.11 Å². The summed E-state index contributed by atoms with van der Waals surface area (Å²) < 4.78 is 11.1. The maximum Gasteiger partial charge on any atom is 0.260 e. The molecule has 0 aliphatic carbocycles. The van der Waals surface area contributed by atoms with Gasteiger partial charge in [0.2, 0.25) is 0 Å². The van der Waals surface area contributed by atoms with Crippen LogP contribution in [0.15, 0.2) is 24.3 Å². The van der Waals surface area contributed by atoms with Gasteiger partial charge in [-0.1, -0.05) is 17.7 Å². The molecule has 2 saturated heterocycles. The highest BCUT2D eigenvalue weighted by molar-refractivity contribution is 5.77. The van der Waals surface area contributed by atoms with Crippen LogP contribution in [0.25, 0.3) is 0 Å². The lowest BCUT2D eigenvalue weighted by atomic mass is 9.71. The number of carbonyl (C=O) groups excluding carboxylic acids is 1. The van der Waals surface area contributed by atoms with Gasteiger partial charge in [-0.3, -0.25) is 4.79 Å². The lowest BCUT2D eigenvalue weighted by Gasteiger charge is -2.42. The van der Waals surface area contributed by atoms with Crippen molar-refractivity contribution < 1.29 is 14.3 Å². The Hall–Kier alpha value is -1.59. The van der Waals surface area contributed by atoms with Crippen molar-refractivity contribution in [2.75, 3.05) is 53.6 Å². The minimum atomic E-state index is 0.0880. The van der Waals surface area contributed by atoms with Crippen molar-refractivity contribution in [3.05, 3.63) is 29.8 Å². The summed E-state index contributed by atoms with van der Waals surface area (Å²) in [5, 5.41) is 0. The third kappa shape index (κ3) is 4.15. The van der Waals surface area contributed by atoms with Gasteiger partial charge >= 0.3 is 0 Å². The number of likely N-dealkylation sites (tertiary alicyclic amines) is 2. The van der Waals surface area contributed by atoms with E-state index in [4.69, 9.17) is 9.47 Å². The molecule has 5 nitrogen and oxygen atoms in total. The van der Waals surface area contributed by atoms with Crippen LogP contribution < -0.4 is 4.74 Å². The molecule has 25 heavy (non-hydrogen) atoms. The number of carbonyl (C=O) groups is 1. The molecule has 1 aromatic rings. The number of piperidine rings is 1. The quantitative estimate of drug-likeness (QED) is 0.820. The molecule has 2 aliphatic heterocycles. The summed E-state index contributed by atoms with van der Waals surface area (Å²) >= 11 is 0. The standard InChI is InChI=1S/C20H30N2O3/c1-16-4-6-18(7-5-16)25-14-19(23)22-10-8-20(9-11-22)15-21(2)12-17(20)13-24-3/h4-7,17H,8-15H2,1-3H3/t17-/m0/s1. The molecule has 0 aromatic heterocycles. The molecule has 2 fully saturated rings. The van der Waals surface area contributed by atoms with Crippen LogP contribution in [0.4, 0.5) is 0 Å². The van der Waals surface area contributed by atoms with E-state index >= 15 is 0 Å². The van der Waals surface area contributed by atoms with E-state index < -0.39 is 0 Å². The first-order valence-corrected chi connectivity index (χ1v) is 9.17. The molecule has 1 spiro atoms. The molecule has 1 atom stereocenters. The second-order valence-electron chi connectivity index (χ2n) is 7.69. The van der Waals surface area contributed by atoms with Crippen LogP contribution in [0.3, 0.4) is 0 Å². The summed E-state index contributed by atoms with van der Waals surface area (Å²) in [6.07, 6.45) is 2.11. The van der Waals surface area contributed by atoms with Gasteiger partial charge in [0.15, 0.2) is 6.61 Å². The largest absolute Gasteiger partial charge is 0.484 e. The van der Waals surface area contributed by atoms with Crippen LogP contribution in [0.5, 0.6) is 5.75 Å². The van der Waals surface area contributed by atoms with E-state index in [-0.39, 0.29) is 12.5 Å². The van der Waals surface area contributed by atoms with Crippen molar-refractivity contribution in [1.29, 1.82) is 0 Å². The van der Waals surface area contributed by atoms with Gasteiger partial charge < -0.3 is 19.3 Å². The van der Waals surface area contributed by atoms with Gasteiger partial charge in [0, 0.05) is 39.2 Å². The fraction of sp³-hybridized carbons (Fsp3) is 0.650. The minimum Gasteiger partial charge on any atom is -0.484 e. The molecule has 3 rings (SSSR count). The molecule has 0 radical (unpaired) electrons. The predicted molar refractivity (Wildman–Crippen MR) is 97.8 cm³/mol. The van der Waals surface area contributed by atoms with Crippen LogP contribution >= 0.6 is 0 Å². The second-order valence-corrected chi connectivity index (χ2v) is 7.69. The van der Waals surface area contributed by atoms with Crippen LogP contribution in [0, 0.1) is 18.3 Å². The number of aryl methyl sites for hydroxylation is 1. The Balaban J connectivity index is 1.51. The van der Waals surface area contributed by atoms with Gasteiger partial charge in [-0.15, -0.1) is 0 Å². The van der Waals surface area contributed by atoms with Gasteiger partial charge in [-0.25, -0.2) is 0 Å². The average Bonchev–Trinajstić information content (AvgIpc) is 2.90. The molecule has 0 bridgehead atoms. The number of ether oxygens (including phenoxy) is 2. The van der Waals surface area contributed by atoms with Crippen molar-refractivity contribution in [3.8, 4) is 5.75 Å². The Morgan fingerprint density at radius 2 is 1.92 bits per heavy atom. The predicted octanol–water partition coefficient (Wildman–Crippen LogP) is 2.19. The van der Waals surface area contributed by atoms with Crippen LogP contribution in [-0.4, -0.2) is 69.3 Å². The Labute approximate surface area is 150 Å². The monoisotopic (exact) mass is 346 g/mol. The smallest absolute Gasteiger partial charge is 0.260 e. The summed E-state index contributed by atoms with van der Waals surface area (Å²) in [6, 6.07) is 7.82. The normalized spacial score (nSPS) is 23.2. The number of rotatable bonds is 5. The van der Waals surface area contributed by atoms with Crippen molar-refractivity contribution in [2.24, 2.45) is 11.3 Å². The molecular formula is C20H30N2O3. The molecule has 2 aliphatic rings. The molecule has 138 valence electrons. The summed E-state index contributed by atoms with van der Waals surface area (Å²) in [4.78, 5) is 16.8. The van der Waals surface area contributed by atoms with Gasteiger partial charge in [0.25, 0.3) is 5.91 Å². The maximum atomic E-state index is 12.5. The van der Waals surface area contributed by atoms with Crippen molar-refractivity contribution in [1.82, 2.24) is 9.80 Å². The third-order valence-corrected chi connectivity index (χ3v) is 5.85. The fourth-order valence-corrected chi connectivity index (χ4v) is 4.37. The first-order valence-electron chi connectivity index (χ1n) is 9.17. The molecule has 0 saturated carbocycles. The highest BCUT2D eigenvalue weighted by Gasteiger charge is 2.47. The zero-order valence-electron chi connectivity index (χ0n) is 15.7. The average molecular weight is 346 g/mol. The van der Waals surface area contributed by atoms with Gasteiger partial charge in [0.05, 0.1) is 6.61 Å². The maximum absolute atomic E-state index is 12.5. The van der Waals surface area contributed by atoms with E-state index in [0.29, 0.717) is 11.3 Å². The van der Waals surface area contributed by atoms with E-state index in [9.17, 15) is 4.79 Å². The molecule has 5 heteroatoms. The Kier molecular flexibility index (Phi) is 5.64. The molecule has 0 unspecified atom stereocenters. The molecule has 0 N–H and O–H groups in total. The molecular weight excluding hydrogens is 316 g/mol. The number of hydrogen-bond donors (Lipinski definition) is 0. The Morgan fingerprint density at radius 1 is 1.24 bits per heavy atom. The van der Waals surface area contributed by atoms with E-state index in [2.05, 4.69) is 11.9 Å². The lowest BCUT2D eigenvalue weighted by Crippen LogP contribution is -2.48. The molecule has 1 aromatic carbocycles. The highest BCUT2D eigenvalue weighted by atomic mass is 16.5. The summed E-state index contributed by atoms with van der Waals surface area (Å²) in [7, 11) is 3.97. The summed E-state index contributed by atoms with van der Waals surface area (Å²) in [6.45, 7) is 6.83. The van der Waals surface area contributed by atoms with E-state index in [1.165, 1.54) is 5.56 Å². The number of methoxy groups -OCH3 is 1. The van der Waals surface area contributed by atoms with Crippen LogP contribution in [-0.2, 0) is 9.53 Å². The van der Waals surface area contributed by atoms with Crippen molar-refractivity contribution in [3.63, 3.8) is 0 Å². The highest BCUT2D eigenvalue weighted by Crippen LogP contribution is 2.44. The minimum absolute atomic E-state index is 0.0880. The summed E-state index contributed by atoms with van der Waals surface area (Å²) in [5.41, 5.74) is 1.49. The number of amides is 1.